The molecule has 0 saturated carbocycles. The molecule has 1 aliphatic rings. The van der Waals surface area contributed by atoms with E-state index in [0.29, 0.717) is 16.5 Å². The van der Waals surface area contributed by atoms with Crippen LogP contribution < -0.4 is 4.74 Å². The number of aromatic nitrogens is 2. The molecular weight excluding hydrogens is 406 g/mol. The number of likely N-dealkylation sites (tertiary alicyclic amines) is 1. The molecule has 1 aromatic heterocycles. The van der Waals surface area contributed by atoms with E-state index in [9.17, 15) is 4.79 Å². The molecule has 2 heterocycles. The molecule has 0 spiro atoms. The van der Waals surface area contributed by atoms with Crippen molar-refractivity contribution >= 4 is 28.8 Å². The molecule has 0 aliphatic carbocycles. The Balaban J connectivity index is 1.34. The fraction of sp³-hybridized carbons (Fsp3) is 0.318. The lowest BCUT2D eigenvalue weighted by molar-refractivity contribution is 0.0713. The van der Waals surface area contributed by atoms with E-state index in [1.54, 1.807) is 30.6 Å². The molecule has 3 aromatic rings. The van der Waals surface area contributed by atoms with E-state index < -0.39 is 0 Å². The molecule has 1 amide bonds. The summed E-state index contributed by atoms with van der Waals surface area (Å²) in [4.78, 5) is 14.6. The van der Waals surface area contributed by atoms with Crippen LogP contribution in [0.15, 0.2) is 48.5 Å². The molecule has 1 aliphatic heterocycles. The van der Waals surface area contributed by atoms with Crippen LogP contribution in [-0.2, 0) is 6.42 Å². The van der Waals surface area contributed by atoms with Gasteiger partial charge in [-0.2, -0.15) is 0 Å². The highest BCUT2D eigenvalue weighted by Gasteiger charge is 2.26. The first kappa shape index (κ1) is 19.9. The molecule has 0 radical (unpaired) electrons. The number of carbonyl (C=O) groups excluding carboxylic acids is 1. The first-order valence-electron chi connectivity index (χ1n) is 9.62. The van der Waals surface area contributed by atoms with E-state index >= 15 is 0 Å². The Kier molecular flexibility index (Phi) is 6.11. The molecule has 29 heavy (non-hydrogen) atoms. The minimum absolute atomic E-state index is 0.0448. The van der Waals surface area contributed by atoms with Crippen LogP contribution in [0.1, 0.15) is 44.7 Å². The van der Waals surface area contributed by atoms with Crippen LogP contribution in [0, 0.1) is 0 Å². The van der Waals surface area contributed by atoms with Crippen LogP contribution in [0.5, 0.6) is 5.75 Å². The first-order valence-corrected chi connectivity index (χ1v) is 10.8. The Morgan fingerprint density at radius 3 is 2.62 bits per heavy atom. The Bertz CT molecular complexity index is 982. The van der Waals surface area contributed by atoms with Crippen molar-refractivity contribution in [3.8, 4) is 5.75 Å². The summed E-state index contributed by atoms with van der Waals surface area (Å²) < 4.78 is 5.20. The molecule has 0 unspecified atom stereocenters. The first-order chi connectivity index (χ1) is 14.1. The average molecular weight is 428 g/mol. The number of piperidine rings is 1. The van der Waals surface area contributed by atoms with Crippen molar-refractivity contribution < 1.29 is 9.53 Å². The van der Waals surface area contributed by atoms with E-state index in [1.807, 2.05) is 29.2 Å². The lowest BCUT2D eigenvalue weighted by atomic mass is 9.97. The minimum Gasteiger partial charge on any atom is -0.497 e. The van der Waals surface area contributed by atoms with Gasteiger partial charge in [-0.05, 0) is 48.7 Å². The number of halogens is 1. The predicted molar refractivity (Wildman–Crippen MR) is 115 cm³/mol. The van der Waals surface area contributed by atoms with Crippen molar-refractivity contribution in [1.82, 2.24) is 15.1 Å². The molecule has 0 bridgehead atoms. The summed E-state index contributed by atoms with van der Waals surface area (Å²) in [6, 6.07) is 15.2. The van der Waals surface area contributed by atoms with Gasteiger partial charge in [0.25, 0.3) is 5.91 Å². The summed E-state index contributed by atoms with van der Waals surface area (Å²) >= 11 is 7.69. The van der Waals surface area contributed by atoms with Gasteiger partial charge >= 0.3 is 0 Å². The number of carbonyl (C=O) groups is 1. The van der Waals surface area contributed by atoms with Crippen molar-refractivity contribution in [1.29, 1.82) is 0 Å². The van der Waals surface area contributed by atoms with E-state index in [1.165, 1.54) is 5.56 Å². The second-order valence-corrected chi connectivity index (χ2v) is 8.67. The summed E-state index contributed by atoms with van der Waals surface area (Å²) in [5.41, 5.74) is 1.84. The van der Waals surface area contributed by atoms with Crippen molar-refractivity contribution in [2.24, 2.45) is 0 Å². The maximum atomic E-state index is 12.7. The SMILES string of the molecule is COc1ccc(Cc2nnc(C3CCN(C(=O)c4cccc(Cl)c4)CC3)s2)cc1. The van der Waals surface area contributed by atoms with Crippen LogP contribution in [-0.4, -0.2) is 41.2 Å². The van der Waals surface area contributed by atoms with Gasteiger partial charge in [0.2, 0.25) is 0 Å². The van der Waals surface area contributed by atoms with E-state index in [2.05, 4.69) is 22.3 Å². The summed E-state index contributed by atoms with van der Waals surface area (Å²) in [6.07, 6.45) is 2.58. The highest BCUT2D eigenvalue weighted by atomic mass is 35.5. The lowest BCUT2D eigenvalue weighted by Gasteiger charge is -2.31. The molecule has 150 valence electrons. The van der Waals surface area contributed by atoms with Crippen LogP contribution in [0.4, 0.5) is 0 Å². The molecule has 2 aromatic carbocycles. The third kappa shape index (κ3) is 4.77. The van der Waals surface area contributed by atoms with Crippen LogP contribution in [0.2, 0.25) is 5.02 Å². The van der Waals surface area contributed by atoms with Gasteiger partial charge in [-0.25, -0.2) is 0 Å². The van der Waals surface area contributed by atoms with E-state index in [-0.39, 0.29) is 5.91 Å². The zero-order valence-electron chi connectivity index (χ0n) is 16.2. The van der Waals surface area contributed by atoms with Gasteiger partial charge in [-0.1, -0.05) is 29.8 Å². The van der Waals surface area contributed by atoms with Crippen LogP contribution >= 0.6 is 22.9 Å². The summed E-state index contributed by atoms with van der Waals surface area (Å²) in [5.74, 6) is 1.26. The van der Waals surface area contributed by atoms with Crippen molar-refractivity contribution in [2.75, 3.05) is 20.2 Å². The summed E-state index contributed by atoms with van der Waals surface area (Å²) in [7, 11) is 1.67. The average Bonchev–Trinajstić information content (AvgIpc) is 3.22. The number of hydrogen-bond acceptors (Lipinski definition) is 5. The Morgan fingerprint density at radius 2 is 1.93 bits per heavy atom. The third-order valence-corrected chi connectivity index (χ3v) is 6.52. The number of methoxy groups -OCH3 is 1. The number of benzene rings is 2. The Labute approximate surface area is 179 Å². The van der Waals surface area contributed by atoms with Crippen molar-refractivity contribution in [3.63, 3.8) is 0 Å². The predicted octanol–water partition coefficient (Wildman–Crippen LogP) is 4.81. The minimum atomic E-state index is 0.0448. The normalized spacial score (nSPS) is 14.8. The maximum Gasteiger partial charge on any atom is 0.253 e. The Hall–Kier alpha value is -2.44. The van der Waals surface area contributed by atoms with Crippen molar-refractivity contribution in [2.45, 2.75) is 25.2 Å². The van der Waals surface area contributed by atoms with Gasteiger partial charge in [0.1, 0.15) is 15.8 Å². The Morgan fingerprint density at radius 1 is 1.17 bits per heavy atom. The zero-order valence-corrected chi connectivity index (χ0v) is 17.7. The molecule has 0 atom stereocenters. The van der Waals surface area contributed by atoms with Crippen LogP contribution in [0.3, 0.4) is 0 Å². The highest BCUT2D eigenvalue weighted by Crippen LogP contribution is 2.31. The second kappa shape index (κ2) is 8.93. The fourth-order valence-electron chi connectivity index (χ4n) is 3.55. The maximum absolute atomic E-state index is 12.7. The van der Waals surface area contributed by atoms with Gasteiger partial charge < -0.3 is 9.64 Å². The monoisotopic (exact) mass is 427 g/mol. The molecule has 0 N–H and O–H groups in total. The quantitative estimate of drug-likeness (QED) is 0.586. The molecule has 1 saturated heterocycles. The van der Waals surface area contributed by atoms with E-state index in [4.69, 9.17) is 16.3 Å². The number of rotatable bonds is 5. The standard InChI is InChI=1S/C22H22ClN3O2S/c1-28-19-7-5-15(6-8-19)13-20-24-25-21(29-20)16-9-11-26(12-10-16)22(27)17-3-2-4-18(23)14-17/h2-8,14,16H,9-13H2,1H3. The van der Waals surface area contributed by atoms with E-state index in [0.717, 1.165) is 48.1 Å². The topological polar surface area (TPSA) is 55.3 Å². The lowest BCUT2D eigenvalue weighted by Crippen LogP contribution is -2.37. The number of ether oxygens (including phenoxy) is 1. The smallest absolute Gasteiger partial charge is 0.253 e. The fourth-order valence-corrected chi connectivity index (χ4v) is 4.79. The number of hydrogen-bond donors (Lipinski definition) is 0. The number of amides is 1. The number of nitrogens with zero attached hydrogens (tertiary/aromatic N) is 3. The van der Waals surface area contributed by atoms with Gasteiger partial charge in [0.15, 0.2) is 0 Å². The molecular formula is C22H22ClN3O2S. The van der Waals surface area contributed by atoms with Crippen molar-refractivity contribution in [3.05, 3.63) is 74.7 Å². The highest BCUT2D eigenvalue weighted by molar-refractivity contribution is 7.11. The summed E-state index contributed by atoms with van der Waals surface area (Å²) in [5, 5.41) is 11.5. The van der Waals surface area contributed by atoms with Gasteiger partial charge in [-0.3, -0.25) is 4.79 Å². The van der Waals surface area contributed by atoms with Gasteiger partial charge in [-0.15, -0.1) is 21.5 Å². The third-order valence-electron chi connectivity index (χ3n) is 5.20. The summed E-state index contributed by atoms with van der Waals surface area (Å²) in [6.45, 7) is 1.45. The van der Waals surface area contributed by atoms with Crippen LogP contribution in [0.25, 0.3) is 0 Å². The van der Waals surface area contributed by atoms with Gasteiger partial charge in [0, 0.05) is 36.0 Å². The second-order valence-electron chi connectivity index (χ2n) is 7.14. The molecule has 5 nitrogen and oxygen atoms in total. The molecule has 7 heteroatoms. The largest absolute Gasteiger partial charge is 0.497 e. The van der Waals surface area contributed by atoms with Gasteiger partial charge in [0.05, 0.1) is 7.11 Å². The molecule has 1 fully saturated rings. The zero-order chi connectivity index (χ0) is 20.2. The molecule has 4 rings (SSSR count).